The average molecular weight is 420 g/mol. The Bertz CT molecular complexity index is 480. The Kier molecular flexibility index (Phi) is 16.0. The second-order valence-electron chi connectivity index (χ2n) is 6.83. The fraction of sp³-hybridized carbons (Fsp3) is 0.833. The second kappa shape index (κ2) is 17.1. The number of amides is 2. The Morgan fingerprint density at radius 1 is 0.759 bits per heavy atom. The summed E-state index contributed by atoms with van der Waals surface area (Å²) in [6.45, 7) is 4.33. The molecule has 0 aliphatic rings. The highest BCUT2D eigenvalue weighted by molar-refractivity contribution is 5.79. The Labute approximate surface area is 173 Å². The van der Waals surface area contributed by atoms with E-state index in [0.717, 1.165) is 0 Å². The highest BCUT2D eigenvalue weighted by Crippen LogP contribution is 1.93. The lowest BCUT2D eigenvalue weighted by atomic mass is 10.4. The molecule has 0 rings (SSSR count). The number of methoxy groups -OCH3 is 2. The molecule has 0 atom stereocenters. The van der Waals surface area contributed by atoms with Gasteiger partial charge in [0, 0.05) is 53.5 Å². The van der Waals surface area contributed by atoms with Crippen molar-refractivity contribution in [2.45, 2.75) is 0 Å². The van der Waals surface area contributed by atoms with Crippen molar-refractivity contribution in [2.24, 2.45) is 0 Å². The summed E-state index contributed by atoms with van der Waals surface area (Å²) in [6, 6.07) is 0. The summed E-state index contributed by atoms with van der Waals surface area (Å²) in [5.74, 6) is -1.26. The van der Waals surface area contributed by atoms with E-state index in [-0.39, 0.29) is 24.9 Å². The maximum absolute atomic E-state index is 11.9. The van der Waals surface area contributed by atoms with Crippen molar-refractivity contribution >= 4 is 17.8 Å². The summed E-state index contributed by atoms with van der Waals surface area (Å²) >= 11 is 0. The number of hydrogen-bond acceptors (Lipinski definition) is 8. The van der Waals surface area contributed by atoms with Gasteiger partial charge in [0.2, 0.25) is 11.8 Å². The van der Waals surface area contributed by atoms with Crippen molar-refractivity contribution in [2.75, 3.05) is 100 Å². The van der Waals surface area contributed by atoms with Crippen LogP contribution in [0.2, 0.25) is 0 Å². The molecular weight excluding hydrogens is 382 g/mol. The van der Waals surface area contributed by atoms with E-state index in [2.05, 4.69) is 10.6 Å². The van der Waals surface area contributed by atoms with Crippen LogP contribution >= 0.6 is 0 Å². The van der Waals surface area contributed by atoms with E-state index < -0.39 is 5.97 Å². The SMILES string of the molecule is COCCNC(=O)CN(C)CCN(C)CCN(CC(=O)O)CC(=O)NCCOC. The van der Waals surface area contributed by atoms with Gasteiger partial charge in [-0.25, -0.2) is 0 Å². The summed E-state index contributed by atoms with van der Waals surface area (Å²) in [5.41, 5.74) is 0. The predicted octanol–water partition coefficient (Wildman–Crippen LogP) is -2.24. The van der Waals surface area contributed by atoms with Gasteiger partial charge in [-0.15, -0.1) is 0 Å². The summed E-state index contributed by atoms with van der Waals surface area (Å²) in [6.07, 6.45) is 0. The molecule has 0 bridgehead atoms. The zero-order valence-electron chi connectivity index (χ0n) is 18.1. The summed E-state index contributed by atoms with van der Waals surface area (Å²) in [7, 11) is 6.92. The van der Waals surface area contributed by atoms with Crippen LogP contribution in [0.1, 0.15) is 0 Å². The lowest BCUT2D eigenvalue weighted by Crippen LogP contribution is -2.44. The van der Waals surface area contributed by atoms with Crippen LogP contribution in [0.5, 0.6) is 0 Å². The van der Waals surface area contributed by atoms with E-state index in [0.29, 0.717) is 59.0 Å². The zero-order valence-corrected chi connectivity index (χ0v) is 18.1. The number of nitrogens with one attached hydrogen (secondary N) is 2. The van der Waals surface area contributed by atoms with E-state index in [9.17, 15) is 14.4 Å². The minimum atomic E-state index is -0.975. The number of hydrogen-bond donors (Lipinski definition) is 3. The molecule has 0 aromatic rings. The van der Waals surface area contributed by atoms with Crippen LogP contribution in [0, 0.1) is 0 Å². The summed E-state index contributed by atoms with van der Waals surface area (Å²) in [4.78, 5) is 40.2. The third kappa shape index (κ3) is 16.8. The molecule has 170 valence electrons. The van der Waals surface area contributed by atoms with Gasteiger partial charge in [-0.2, -0.15) is 0 Å². The maximum Gasteiger partial charge on any atom is 0.317 e. The van der Waals surface area contributed by atoms with E-state index in [4.69, 9.17) is 14.6 Å². The van der Waals surface area contributed by atoms with Crippen LogP contribution in [0.15, 0.2) is 0 Å². The monoisotopic (exact) mass is 419 g/mol. The van der Waals surface area contributed by atoms with Gasteiger partial charge in [0.05, 0.1) is 32.8 Å². The highest BCUT2D eigenvalue weighted by Gasteiger charge is 2.15. The second-order valence-corrected chi connectivity index (χ2v) is 6.83. The zero-order chi connectivity index (χ0) is 22.1. The van der Waals surface area contributed by atoms with E-state index in [1.54, 1.807) is 19.1 Å². The number of carboxylic acids is 1. The van der Waals surface area contributed by atoms with E-state index in [1.165, 1.54) is 0 Å². The third-order valence-electron chi connectivity index (χ3n) is 4.06. The van der Waals surface area contributed by atoms with Gasteiger partial charge in [-0.3, -0.25) is 24.2 Å². The first-order valence-electron chi connectivity index (χ1n) is 9.61. The average Bonchev–Trinajstić information content (AvgIpc) is 2.64. The van der Waals surface area contributed by atoms with Crippen LogP contribution < -0.4 is 10.6 Å². The molecule has 0 unspecified atom stereocenters. The maximum atomic E-state index is 11.9. The molecule has 11 nitrogen and oxygen atoms in total. The number of likely N-dealkylation sites (N-methyl/N-ethyl adjacent to an activating group) is 2. The van der Waals surface area contributed by atoms with Crippen molar-refractivity contribution in [1.29, 1.82) is 0 Å². The lowest BCUT2D eigenvalue weighted by Gasteiger charge is -2.25. The Morgan fingerprint density at radius 3 is 1.76 bits per heavy atom. The molecule has 0 spiro atoms. The van der Waals surface area contributed by atoms with Gasteiger partial charge < -0.3 is 30.1 Å². The molecule has 0 aliphatic heterocycles. The number of rotatable bonds is 18. The molecule has 3 N–H and O–H groups in total. The lowest BCUT2D eigenvalue weighted by molar-refractivity contribution is -0.138. The Balaban J connectivity index is 4.19. The fourth-order valence-corrected chi connectivity index (χ4v) is 2.39. The first-order valence-corrected chi connectivity index (χ1v) is 9.61. The van der Waals surface area contributed by atoms with Crippen molar-refractivity contribution in [3.05, 3.63) is 0 Å². The molecular formula is C18H37N5O6. The highest BCUT2D eigenvalue weighted by atomic mass is 16.5. The third-order valence-corrected chi connectivity index (χ3v) is 4.06. The van der Waals surface area contributed by atoms with Crippen molar-refractivity contribution in [3.63, 3.8) is 0 Å². The molecule has 0 radical (unpaired) electrons. The molecule has 0 fully saturated rings. The molecule has 29 heavy (non-hydrogen) atoms. The molecule has 0 saturated carbocycles. The van der Waals surface area contributed by atoms with Crippen molar-refractivity contribution < 1.29 is 29.0 Å². The van der Waals surface area contributed by atoms with E-state index >= 15 is 0 Å². The number of carbonyl (C=O) groups is 3. The van der Waals surface area contributed by atoms with Gasteiger partial charge in [-0.1, -0.05) is 0 Å². The minimum Gasteiger partial charge on any atom is -0.480 e. The van der Waals surface area contributed by atoms with Gasteiger partial charge in [0.25, 0.3) is 0 Å². The summed E-state index contributed by atoms with van der Waals surface area (Å²) < 4.78 is 9.76. The number of nitrogens with zero attached hydrogens (tertiary/aromatic N) is 3. The molecule has 0 saturated heterocycles. The van der Waals surface area contributed by atoms with Crippen LogP contribution in [0.4, 0.5) is 0 Å². The largest absolute Gasteiger partial charge is 0.480 e. The number of aliphatic carboxylic acids is 1. The quantitative estimate of drug-likeness (QED) is 0.212. The standard InChI is InChI=1S/C18H37N5O6/c1-21(7-8-22(2)13-16(24)19-5-11-28-3)9-10-23(15-18(26)27)14-17(25)20-6-12-29-4/h5-15H2,1-4H3,(H,19,24)(H,20,25)(H,26,27). The minimum absolute atomic E-state index is 0.0192. The molecule has 0 heterocycles. The molecule has 0 aliphatic carbocycles. The smallest absolute Gasteiger partial charge is 0.317 e. The van der Waals surface area contributed by atoms with Crippen LogP contribution in [-0.4, -0.2) is 138 Å². The normalized spacial score (nSPS) is 11.3. The first-order chi connectivity index (χ1) is 13.8. The summed E-state index contributed by atoms with van der Waals surface area (Å²) in [5, 5.41) is 14.5. The number of carboxylic acid groups (broad SMARTS) is 1. The van der Waals surface area contributed by atoms with Gasteiger partial charge in [0.15, 0.2) is 0 Å². The topological polar surface area (TPSA) is 124 Å². The van der Waals surface area contributed by atoms with Crippen LogP contribution in [-0.2, 0) is 23.9 Å². The molecule has 0 aromatic carbocycles. The Hall–Kier alpha value is -1.79. The van der Waals surface area contributed by atoms with Crippen LogP contribution in [0.25, 0.3) is 0 Å². The fourth-order valence-electron chi connectivity index (χ4n) is 2.39. The van der Waals surface area contributed by atoms with Crippen molar-refractivity contribution in [1.82, 2.24) is 25.3 Å². The first kappa shape index (κ1) is 27.2. The number of carbonyl (C=O) groups excluding carboxylic acids is 2. The Morgan fingerprint density at radius 2 is 1.24 bits per heavy atom. The van der Waals surface area contributed by atoms with E-state index in [1.807, 2.05) is 23.9 Å². The van der Waals surface area contributed by atoms with Crippen LogP contribution in [0.3, 0.4) is 0 Å². The molecule has 11 heteroatoms. The number of ether oxygens (including phenoxy) is 2. The van der Waals surface area contributed by atoms with Gasteiger partial charge in [-0.05, 0) is 14.1 Å². The van der Waals surface area contributed by atoms with Gasteiger partial charge >= 0.3 is 5.97 Å². The van der Waals surface area contributed by atoms with Crippen molar-refractivity contribution in [3.8, 4) is 0 Å². The molecule has 0 aromatic heterocycles. The van der Waals surface area contributed by atoms with Gasteiger partial charge in [0.1, 0.15) is 0 Å². The predicted molar refractivity (Wildman–Crippen MR) is 109 cm³/mol. The molecule has 2 amide bonds.